The number of nitro benzene ring substituents is 1. The van der Waals surface area contributed by atoms with Crippen LogP contribution in [-0.2, 0) is 13.2 Å². The molecule has 1 aromatic heterocycles. The third-order valence-corrected chi connectivity index (χ3v) is 3.79. The highest BCUT2D eigenvalue weighted by atomic mass is 19.4. The van der Waals surface area contributed by atoms with Crippen LogP contribution >= 0.6 is 0 Å². The molecule has 132 valence electrons. The molecule has 1 aliphatic carbocycles. The molecule has 2 aromatic rings. The maximum Gasteiger partial charge on any atom is 0.416 e. The Balaban J connectivity index is 1.90. The molecule has 25 heavy (non-hydrogen) atoms. The van der Waals surface area contributed by atoms with Crippen molar-refractivity contribution >= 4 is 11.7 Å². The van der Waals surface area contributed by atoms with Gasteiger partial charge in [-0.2, -0.15) is 18.3 Å². The molecule has 0 unspecified atom stereocenters. The largest absolute Gasteiger partial charge is 0.416 e. The van der Waals surface area contributed by atoms with E-state index in [0.29, 0.717) is 18.1 Å². The summed E-state index contributed by atoms with van der Waals surface area (Å²) < 4.78 is 44.5. The van der Waals surface area contributed by atoms with E-state index in [1.54, 1.807) is 6.07 Å². The van der Waals surface area contributed by atoms with Gasteiger partial charge >= 0.3 is 12.1 Å². The first-order valence-corrected chi connectivity index (χ1v) is 7.28. The fourth-order valence-corrected chi connectivity index (χ4v) is 2.33. The number of benzene rings is 1. The number of ether oxygens (including phenoxy) is 1. The average molecular weight is 355 g/mol. The van der Waals surface area contributed by atoms with E-state index in [1.807, 2.05) is 0 Å². The molecule has 0 spiro atoms. The highest BCUT2D eigenvalue weighted by Crippen LogP contribution is 2.40. The van der Waals surface area contributed by atoms with Gasteiger partial charge in [-0.1, -0.05) is 0 Å². The number of carbonyl (C=O) groups excluding carboxylic acids is 1. The lowest BCUT2D eigenvalue weighted by Gasteiger charge is -2.08. The minimum absolute atomic E-state index is 0.0705. The second-order valence-corrected chi connectivity index (χ2v) is 5.68. The molecule has 0 saturated heterocycles. The average Bonchev–Trinajstić information content (AvgIpc) is 3.31. The lowest BCUT2D eigenvalue weighted by atomic mass is 10.1. The van der Waals surface area contributed by atoms with Gasteiger partial charge in [0, 0.05) is 25.1 Å². The molecule has 10 heteroatoms. The van der Waals surface area contributed by atoms with E-state index in [2.05, 4.69) is 5.10 Å². The monoisotopic (exact) mass is 355 g/mol. The van der Waals surface area contributed by atoms with Crippen molar-refractivity contribution in [3.05, 3.63) is 51.2 Å². The number of hydrogen-bond donors (Lipinski definition) is 0. The predicted molar refractivity (Wildman–Crippen MR) is 78.2 cm³/mol. The van der Waals surface area contributed by atoms with E-state index in [9.17, 15) is 28.1 Å². The molecule has 0 aliphatic heterocycles. The van der Waals surface area contributed by atoms with Crippen LogP contribution in [0.5, 0.6) is 5.88 Å². The summed E-state index contributed by atoms with van der Waals surface area (Å²) in [5.41, 5.74) is -2.00. The molecular weight excluding hydrogens is 343 g/mol. The fourth-order valence-electron chi connectivity index (χ4n) is 2.33. The second kappa shape index (κ2) is 5.87. The van der Waals surface area contributed by atoms with Crippen molar-refractivity contribution in [2.24, 2.45) is 7.05 Å². The minimum Gasteiger partial charge on any atom is -0.404 e. The zero-order chi connectivity index (χ0) is 18.4. The number of esters is 1. The first kappa shape index (κ1) is 16.9. The number of alkyl halides is 3. The number of nitrogens with zero attached hydrogens (tertiary/aromatic N) is 3. The molecule has 0 atom stereocenters. The fraction of sp³-hybridized carbons (Fsp3) is 0.333. The van der Waals surface area contributed by atoms with E-state index in [1.165, 1.54) is 11.7 Å². The summed E-state index contributed by atoms with van der Waals surface area (Å²) in [5, 5.41) is 15.2. The molecule has 0 amide bonds. The number of halogens is 3. The Morgan fingerprint density at radius 1 is 1.36 bits per heavy atom. The Hall–Kier alpha value is -2.91. The molecule has 7 nitrogen and oxygen atoms in total. The Bertz CT molecular complexity index is 856. The quantitative estimate of drug-likeness (QED) is 0.476. The Morgan fingerprint density at radius 3 is 2.60 bits per heavy atom. The Labute approximate surface area is 139 Å². The number of rotatable bonds is 4. The third kappa shape index (κ3) is 3.47. The van der Waals surface area contributed by atoms with E-state index in [4.69, 9.17) is 4.74 Å². The van der Waals surface area contributed by atoms with Crippen LogP contribution in [0.25, 0.3) is 0 Å². The SMILES string of the molecule is Cn1nc(C2CC2)cc1OC(=O)c1ccc(C(F)(F)F)cc1[N+](=O)[O-]. The molecule has 1 aliphatic rings. The zero-order valence-electron chi connectivity index (χ0n) is 12.9. The van der Waals surface area contributed by atoms with Crippen LogP contribution in [0.3, 0.4) is 0 Å². The summed E-state index contributed by atoms with van der Waals surface area (Å²) in [6.07, 6.45) is -2.79. The maximum atomic E-state index is 12.7. The van der Waals surface area contributed by atoms with Crippen molar-refractivity contribution in [3.63, 3.8) is 0 Å². The van der Waals surface area contributed by atoms with Gasteiger partial charge in [0.25, 0.3) is 5.69 Å². The summed E-state index contributed by atoms with van der Waals surface area (Å²) in [7, 11) is 1.54. The molecule has 3 rings (SSSR count). The summed E-state index contributed by atoms with van der Waals surface area (Å²) >= 11 is 0. The van der Waals surface area contributed by atoms with Crippen LogP contribution in [0.1, 0.15) is 40.4 Å². The molecule has 1 saturated carbocycles. The molecule has 0 bridgehead atoms. The molecular formula is C15H12F3N3O4. The third-order valence-electron chi connectivity index (χ3n) is 3.79. The van der Waals surface area contributed by atoms with Gasteiger partial charge in [0.1, 0.15) is 5.56 Å². The van der Waals surface area contributed by atoms with Crippen LogP contribution < -0.4 is 4.74 Å². The molecule has 0 N–H and O–H groups in total. The van der Waals surface area contributed by atoms with Crippen LogP contribution in [-0.4, -0.2) is 20.7 Å². The highest BCUT2D eigenvalue weighted by molar-refractivity contribution is 5.95. The van der Waals surface area contributed by atoms with Crippen LogP contribution in [0.4, 0.5) is 18.9 Å². The molecule has 1 aromatic carbocycles. The highest BCUT2D eigenvalue weighted by Gasteiger charge is 2.34. The van der Waals surface area contributed by atoms with Crippen molar-refractivity contribution < 1.29 is 27.6 Å². The van der Waals surface area contributed by atoms with Gasteiger partial charge in [0.15, 0.2) is 0 Å². The molecule has 1 heterocycles. The number of aromatic nitrogens is 2. The van der Waals surface area contributed by atoms with Gasteiger partial charge in [-0.3, -0.25) is 10.1 Å². The molecule has 0 radical (unpaired) electrons. The summed E-state index contributed by atoms with van der Waals surface area (Å²) in [6.45, 7) is 0. The summed E-state index contributed by atoms with van der Waals surface area (Å²) in [5.74, 6) is -0.745. The maximum absolute atomic E-state index is 12.7. The van der Waals surface area contributed by atoms with Crippen LogP contribution in [0.2, 0.25) is 0 Å². The number of carbonyl (C=O) groups is 1. The number of hydrogen-bond acceptors (Lipinski definition) is 5. The van der Waals surface area contributed by atoms with Crippen molar-refractivity contribution in [2.75, 3.05) is 0 Å². The lowest BCUT2D eigenvalue weighted by Crippen LogP contribution is -2.14. The zero-order valence-corrected chi connectivity index (χ0v) is 12.9. The standard InChI is InChI=1S/C15H12F3N3O4/c1-20-13(7-11(19-20)8-2-3-8)25-14(22)10-5-4-9(15(16,17)18)6-12(10)21(23)24/h4-8H,2-3H2,1H3. The number of aryl methyl sites for hydroxylation is 1. The smallest absolute Gasteiger partial charge is 0.404 e. The van der Waals surface area contributed by atoms with Crippen molar-refractivity contribution in [3.8, 4) is 5.88 Å². The van der Waals surface area contributed by atoms with Crippen LogP contribution in [0.15, 0.2) is 24.3 Å². The second-order valence-electron chi connectivity index (χ2n) is 5.68. The Morgan fingerprint density at radius 2 is 2.04 bits per heavy atom. The van der Waals surface area contributed by atoms with E-state index < -0.39 is 33.9 Å². The van der Waals surface area contributed by atoms with E-state index in [-0.39, 0.29) is 5.88 Å². The van der Waals surface area contributed by atoms with E-state index in [0.717, 1.165) is 24.6 Å². The Kier molecular flexibility index (Phi) is 3.97. The van der Waals surface area contributed by atoms with Gasteiger partial charge in [-0.25, -0.2) is 9.48 Å². The summed E-state index contributed by atoms with van der Waals surface area (Å²) in [4.78, 5) is 22.2. The molecule has 1 fully saturated rings. The lowest BCUT2D eigenvalue weighted by molar-refractivity contribution is -0.385. The van der Waals surface area contributed by atoms with Gasteiger partial charge < -0.3 is 4.74 Å². The van der Waals surface area contributed by atoms with Crippen molar-refractivity contribution in [1.29, 1.82) is 0 Å². The van der Waals surface area contributed by atoms with Crippen LogP contribution in [0, 0.1) is 10.1 Å². The van der Waals surface area contributed by atoms with E-state index >= 15 is 0 Å². The topological polar surface area (TPSA) is 87.3 Å². The van der Waals surface area contributed by atoms with Crippen molar-refractivity contribution in [2.45, 2.75) is 24.9 Å². The van der Waals surface area contributed by atoms with Gasteiger partial charge in [-0.15, -0.1) is 0 Å². The first-order chi connectivity index (χ1) is 11.7. The van der Waals surface area contributed by atoms with Gasteiger partial charge in [-0.05, 0) is 25.0 Å². The first-order valence-electron chi connectivity index (χ1n) is 7.28. The minimum atomic E-state index is -4.76. The number of nitro groups is 1. The summed E-state index contributed by atoms with van der Waals surface area (Å²) in [6, 6.07) is 3.20. The van der Waals surface area contributed by atoms with Gasteiger partial charge in [0.05, 0.1) is 16.2 Å². The normalized spacial score (nSPS) is 14.4. The van der Waals surface area contributed by atoms with Gasteiger partial charge in [0.2, 0.25) is 5.88 Å². The van der Waals surface area contributed by atoms with Crippen molar-refractivity contribution in [1.82, 2.24) is 9.78 Å². The predicted octanol–water partition coefficient (Wildman–Crippen LogP) is 3.44.